The van der Waals surface area contributed by atoms with Gasteiger partial charge in [0.15, 0.2) is 0 Å². The lowest BCUT2D eigenvalue weighted by atomic mass is 9.89. The highest BCUT2D eigenvalue weighted by atomic mass is 16.5. The molecular formula is C15H18N2O4. The first-order chi connectivity index (χ1) is 10.1. The van der Waals surface area contributed by atoms with Gasteiger partial charge in [-0.05, 0) is 36.1 Å². The summed E-state index contributed by atoms with van der Waals surface area (Å²) in [6.45, 7) is 0.990. The number of hydrogen-bond donors (Lipinski definition) is 2. The molecule has 2 N–H and O–H groups in total. The average molecular weight is 290 g/mol. The highest BCUT2D eigenvalue weighted by Gasteiger charge is 2.32. The fourth-order valence-corrected chi connectivity index (χ4v) is 2.81. The second kappa shape index (κ2) is 5.37. The SMILES string of the molecule is COC1CC(NC(=O)N2Cc3ccc(C(=O)O)cc3C2)C1. The molecule has 0 unspecified atom stereocenters. The lowest BCUT2D eigenvalue weighted by molar-refractivity contribution is 0.0191. The van der Waals surface area contributed by atoms with E-state index in [9.17, 15) is 9.59 Å². The number of carbonyl (C=O) groups is 2. The zero-order valence-corrected chi connectivity index (χ0v) is 11.8. The van der Waals surface area contributed by atoms with Crippen LogP contribution >= 0.6 is 0 Å². The van der Waals surface area contributed by atoms with Crippen LogP contribution in [0.4, 0.5) is 4.79 Å². The second-order valence-electron chi connectivity index (χ2n) is 5.62. The van der Waals surface area contributed by atoms with E-state index in [-0.39, 0.29) is 23.7 Å². The third kappa shape index (κ3) is 2.71. The molecule has 1 heterocycles. The molecule has 0 radical (unpaired) electrons. The first kappa shape index (κ1) is 13.9. The van der Waals surface area contributed by atoms with Crippen molar-refractivity contribution in [2.24, 2.45) is 0 Å². The largest absolute Gasteiger partial charge is 0.478 e. The molecule has 1 aliphatic carbocycles. The van der Waals surface area contributed by atoms with E-state index in [1.54, 1.807) is 30.2 Å². The standard InChI is InChI=1S/C15H18N2O4/c1-21-13-5-12(6-13)16-15(20)17-7-10-3-2-9(14(18)19)4-11(10)8-17/h2-4,12-13H,5-8H2,1H3,(H,16,20)(H,18,19). The number of ether oxygens (including phenoxy) is 1. The van der Waals surface area contributed by atoms with Crippen LogP contribution in [0.1, 0.15) is 34.3 Å². The molecule has 0 bridgehead atoms. The molecule has 1 aromatic carbocycles. The van der Waals surface area contributed by atoms with Crippen molar-refractivity contribution >= 4 is 12.0 Å². The fourth-order valence-electron chi connectivity index (χ4n) is 2.81. The molecule has 1 saturated carbocycles. The molecule has 1 aromatic rings. The van der Waals surface area contributed by atoms with Crippen LogP contribution < -0.4 is 5.32 Å². The van der Waals surface area contributed by atoms with Crippen LogP contribution in [-0.4, -0.2) is 41.3 Å². The Kier molecular flexibility index (Phi) is 3.55. The van der Waals surface area contributed by atoms with E-state index >= 15 is 0 Å². The molecule has 0 aromatic heterocycles. The molecule has 0 saturated heterocycles. The summed E-state index contributed by atoms with van der Waals surface area (Å²) in [5, 5.41) is 12.0. The maximum absolute atomic E-state index is 12.2. The van der Waals surface area contributed by atoms with Gasteiger partial charge in [0.2, 0.25) is 0 Å². The van der Waals surface area contributed by atoms with E-state index in [2.05, 4.69) is 5.32 Å². The molecule has 1 fully saturated rings. The number of urea groups is 1. The summed E-state index contributed by atoms with van der Waals surface area (Å²) in [5.74, 6) is -0.944. The summed E-state index contributed by atoms with van der Waals surface area (Å²) < 4.78 is 5.19. The smallest absolute Gasteiger partial charge is 0.335 e. The Hall–Kier alpha value is -2.08. The summed E-state index contributed by atoms with van der Waals surface area (Å²) in [6.07, 6.45) is 1.96. The average Bonchev–Trinajstić information content (AvgIpc) is 2.84. The van der Waals surface area contributed by atoms with Crippen molar-refractivity contribution in [1.29, 1.82) is 0 Å². The van der Waals surface area contributed by atoms with Gasteiger partial charge in [-0.1, -0.05) is 6.07 Å². The predicted molar refractivity (Wildman–Crippen MR) is 75.0 cm³/mol. The van der Waals surface area contributed by atoms with Crippen molar-refractivity contribution in [3.05, 3.63) is 34.9 Å². The molecule has 2 amide bonds. The molecule has 112 valence electrons. The zero-order chi connectivity index (χ0) is 15.0. The van der Waals surface area contributed by atoms with Crippen LogP contribution in [0.5, 0.6) is 0 Å². The molecule has 1 aliphatic heterocycles. The quantitative estimate of drug-likeness (QED) is 0.886. The van der Waals surface area contributed by atoms with E-state index in [0.717, 1.165) is 24.0 Å². The third-order valence-electron chi connectivity index (χ3n) is 4.22. The molecule has 6 heteroatoms. The third-order valence-corrected chi connectivity index (χ3v) is 4.22. The maximum Gasteiger partial charge on any atom is 0.335 e. The number of carboxylic acid groups (broad SMARTS) is 1. The Bertz CT molecular complexity index is 581. The Labute approximate surface area is 122 Å². The van der Waals surface area contributed by atoms with Crippen molar-refractivity contribution in [3.63, 3.8) is 0 Å². The minimum atomic E-state index is -0.944. The van der Waals surface area contributed by atoms with Gasteiger partial charge in [-0.3, -0.25) is 0 Å². The number of nitrogens with one attached hydrogen (secondary N) is 1. The first-order valence-corrected chi connectivity index (χ1v) is 7.00. The van der Waals surface area contributed by atoms with Gasteiger partial charge in [0.1, 0.15) is 0 Å². The Morgan fingerprint density at radius 3 is 2.67 bits per heavy atom. The van der Waals surface area contributed by atoms with Crippen LogP contribution in [0, 0.1) is 0 Å². The number of carbonyl (C=O) groups excluding carboxylic acids is 1. The Morgan fingerprint density at radius 2 is 2.00 bits per heavy atom. The van der Waals surface area contributed by atoms with Crippen molar-refractivity contribution in [3.8, 4) is 0 Å². The lowest BCUT2D eigenvalue weighted by Crippen LogP contribution is -2.50. The highest BCUT2D eigenvalue weighted by Crippen LogP contribution is 2.26. The van der Waals surface area contributed by atoms with Crippen molar-refractivity contribution in [2.75, 3.05) is 7.11 Å². The molecule has 21 heavy (non-hydrogen) atoms. The number of fused-ring (bicyclic) bond motifs is 1. The zero-order valence-electron chi connectivity index (χ0n) is 11.8. The highest BCUT2D eigenvalue weighted by molar-refractivity contribution is 5.88. The number of hydrogen-bond acceptors (Lipinski definition) is 3. The second-order valence-corrected chi connectivity index (χ2v) is 5.62. The summed E-state index contributed by atoms with van der Waals surface area (Å²) in [6, 6.07) is 5.10. The Morgan fingerprint density at radius 1 is 1.29 bits per heavy atom. The molecular weight excluding hydrogens is 272 g/mol. The number of nitrogens with zero attached hydrogens (tertiary/aromatic N) is 1. The van der Waals surface area contributed by atoms with Crippen molar-refractivity contribution in [2.45, 2.75) is 38.1 Å². The fraction of sp³-hybridized carbons (Fsp3) is 0.467. The van der Waals surface area contributed by atoms with Crippen molar-refractivity contribution in [1.82, 2.24) is 10.2 Å². The monoisotopic (exact) mass is 290 g/mol. The van der Waals surface area contributed by atoms with Gasteiger partial charge < -0.3 is 20.1 Å². The molecule has 6 nitrogen and oxygen atoms in total. The number of amides is 2. The number of rotatable bonds is 3. The van der Waals surface area contributed by atoms with E-state index in [4.69, 9.17) is 9.84 Å². The minimum Gasteiger partial charge on any atom is -0.478 e. The maximum atomic E-state index is 12.2. The van der Waals surface area contributed by atoms with E-state index < -0.39 is 5.97 Å². The van der Waals surface area contributed by atoms with Crippen LogP contribution in [0.15, 0.2) is 18.2 Å². The molecule has 2 aliphatic rings. The summed E-state index contributed by atoms with van der Waals surface area (Å²) in [5.41, 5.74) is 2.19. The van der Waals surface area contributed by atoms with Crippen LogP contribution in [0.3, 0.4) is 0 Å². The van der Waals surface area contributed by atoms with E-state index in [1.165, 1.54) is 0 Å². The number of aromatic carboxylic acids is 1. The van der Waals surface area contributed by atoms with E-state index in [1.807, 2.05) is 0 Å². The summed E-state index contributed by atoms with van der Waals surface area (Å²) in [4.78, 5) is 24.9. The predicted octanol–water partition coefficient (Wildman–Crippen LogP) is 1.59. The molecule has 3 rings (SSSR count). The first-order valence-electron chi connectivity index (χ1n) is 7.00. The van der Waals surface area contributed by atoms with Gasteiger partial charge >= 0.3 is 12.0 Å². The van der Waals surface area contributed by atoms with Crippen molar-refractivity contribution < 1.29 is 19.4 Å². The van der Waals surface area contributed by atoms with Gasteiger partial charge in [0, 0.05) is 26.2 Å². The van der Waals surface area contributed by atoms with Gasteiger partial charge in [0.25, 0.3) is 0 Å². The molecule has 0 atom stereocenters. The molecule has 0 spiro atoms. The lowest BCUT2D eigenvalue weighted by Gasteiger charge is -2.35. The van der Waals surface area contributed by atoms with Crippen LogP contribution in [0.2, 0.25) is 0 Å². The summed E-state index contributed by atoms with van der Waals surface area (Å²) in [7, 11) is 1.68. The normalized spacial score (nSPS) is 23.4. The minimum absolute atomic E-state index is 0.0948. The topological polar surface area (TPSA) is 78.9 Å². The van der Waals surface area contributed by atoms with Gasteiger partial charge in [0.05, 0.1) is 11.7 Å². The summed E-state index contributed by atoms with van der Waals surface area (Å²) >= 11 is 0. The van der Waals surface area contributed by atoms with E-state index in [0.29, 0.717) is 13.1 Å². The Balaban J connectivity index is 1.59. The van der Waals surface area contributed by atoms with Crippen LogP contribution in [0.25, 0.3) is 0 Å². The number of carboxylic acids is 1. The number of methoxy groups -OCH3 is 1. The van der Waals surface area contributed by atoms with Gasteiger partial charge in [-0.15, -0.1) is 0 Å². The van der Waals surface area contributed by atoms with Gasteiger partial charge in [-0.2, -0.15) is 0 Å². The number of benzene rings is 1. The van der Waals surface area contributed by atoms with Crippen LogP contribution in [-0.2, 0) is 17.8 Å². The van der Waals surface area contributed by atoms with Gasteiger partial charge in [-0.25, -0.2) is 9.59 Å².